The molecular formula is C9H11IS. The molecule has 0 aliphatic carbocycles. The normalized spacial score (nSPS) is 10.0. The molecule has 1 aromatic carbocycles. The van der Waals surface area contributed by atoms with Crippen LogP contribution in [0.5, 0.6) is 0 Å². The second kappa shape index (κ2) is 5.04. The molecule has 60 valence electrons. The maximum Gasteiger partial charge on any atom is 0.0131 e. The number of benzene rings is 1. The summed E-state index contributed by atoms with van der Waals surface area (Å²) >= 11 is 4.25. The molecule has 0 aliphatic rings. The monoisotopic (exact) mass is 278 g/mol. The van der Waals surface area contributed by atoms with Crippen molar-refractivity contribution in [3.05, 3.63) is 27.8 Å². The van der Waals surface area contributed by atoms with Gasteiger partial charge >= 0.3 is 0 Å². The van der Waals surface area contributed by atoms with Gasteiger partial charge in [-0.15, -0.1) is 11.8 Å². The van der Waals surface area contributed by atoms with Crippen LogP contribution in [-0.2, 0) is 0 Å². The molecule has 1 aromatic rings. The van der Waals surface area contributed by atoms with Gasteiger partial charge in [0.2, 0.25) is 0 Å². The topological polar surface area (TPSA) is 0 Å². The van der Waals surface area contributed by atoms with Crippen molar-refractivity contribution in [3.8, 4) is 0 Å². The van der Waals surface area contributed by atoms with E-state index in [0.717, 1.165) is 0 Å². The molecular weight excluding hydrogens is 267 g/mol. The van der Waals surface area contributed by atoms with Crippen molar-refractivity contribution >= 4 is 34.4 Å². The molecule has 0 aromatic heterocycles. The minimum absolute atomic E-state index is 1.22. The zero-order valence-electron chi connectivity index (χ0n) is 6.51. The van der Waals surface area contributed by atoms with Crippen molar-refractivity contribution in [1.29, 1.82) is 0 Å². The molecule has 0 nitrogen and oxygen atoms in total. The lowest BCUT2D eigenvalue weighted by atomic mass is 10.4. The van der Waals surface area contributed by atoms with Gasteiger partial charge in [0.1, 0.15) is 0 Å². The predicted octanol–water partition coefficient (Wildman–Crippen LogP) is 3.79. The van der Waals surface area contributed by atoms with Crippen LogP contribution >= 0.6 is 34.4 Å². The van der Waals surface area contributed by atoms with Crippen LogP contribution in [0.1, 0.15) is 13.3 Å². The molecule has 1 rings (SSSR count). The molecule has 11 heavy (non-hydrogen) atoms. The van der Waals surface area contributed by atoms with Gasteiger partial charge in [0.25, 0.3) is 0 Å². The van der Waals surface area contributed by atoms with E-state index in [4.69, 9.17) is 0 Å². The Balaban J connectivity index is 2.52. The number of halogens is 1. The summed E-state index contributed by atoms with van der Waals surface area (Å²) in [6, 6.07) is 8.67. The highest BCUT2D eigenvalue weighted by Crippen LogP contribution is 2.19. The van der Waals surface area contributed by atoms with Crippen LogP contribution in [0.25, 0.3) is 0 Å². The minimum atomic E-state index is 1.22. The lowest BCUT2D eigenvalue weighted by molar-refractivity contribution is 1.10. The van der Waals surface area contributed by atoms with Gasteiger partial charge < -0.3 is 0 Å². The van der Waals surface area contributed by atoms with E-state index in [2.05, 4.69) is 53.8 Å². The Hall–Kier alpha value is 0.300. The Morgan fingerprint density at radius 3 is 2.45 bits per heavy atom. The van der Waals surface area contributed by atoms with Crippen LogP contribution < -0.4 is 0 Å². The van der Waals surface area contributed by atoms with Crippen LogP contribution in [0.15, 0.2) is 29.2 Å². The van der Waals surface area contributed by atoms with E-state index in [1.165, 1.54) is 20.6 Å². The molecule has 0 aliphatic heterocycles. The SMILES string of the molecule is CCCSc1ccc(I)cc1. The minimum Gasteiger partial charge on any atom is -0.126 e. The molecule has 0 heterocycles. The third-order valence-corrected chi connectivity index (χ3v) is 3.22. The summed E-state index contributed by atoms with van der Waals surface area (Å²) in [7, 11) is 0. The van der Waals surface area contributed by atoms with E-state index >= 15 is 0 Å². The van der Waals surface area contributed by atoms with Crippen molar-refractivity contribution in [3.63, 3.8) is 0 Å². The smallest absolute Gasteiger partial charge is 0.0131 e. The van der Waals surface area contributed by atoms with Crippen LogP contribution in [0, 0.1) is 3.57 Å². The number of hydrogen-bond acceptors (Lipinski definition) is 1. The highest BCUT2D eigenvalue weighted by atomic mass is 127. The van der Waals surface area contributed by atoms with E-state index in [0.29, 0.717) is 0 Å². The lowest BCUT2D eigenvalue weighted by Crippen LogP contribution is -1.75. The highest BCUT2D eigenvalue weighted by Gasteiger charge is 1.91. The average molecular weight is 278 g/mol. The second-order valence-electron chi connectivity index (χ2n) is 2.30. The molecule has 2 heteroatoms. The maximum atomic E-state index is 2.32. The van der Waals surface area contributed by atoms with Crippen LogP contribution in [0.4, 0.5) is 0 Å². The summed E-state index contributed by atoms with van der Waals surface area (Å²) in [6.07, 6.45) is 1.25. The fourth-order valence-electron chi connectivity index (χ4n) is 0.751. The quantitative estimate of drug-likeness (QED) is 0.598. The summed E-state index contributed by atoms with van der Waals surface area (Å²) in [5.41, 5.74) is 0. The lowest BCUT2D eigenvalue weighted by Gasteiger charge is -1.98. The van der Waals surface area contributed by atoms with Gasteiger partial charge in [-0.25, -0.2) is 0 Å². The Kier molecular flexibility index (Phi) is 4.30. The van der Waals surface area contributed by atoms with Gasteiger partial charge in [0.15, 0.2) is 0 Å². The standard InChI is InChI=1S/C9H11IS/c1-2-7-11-9-5-3-8(10)4-6-9/h3-6H,2,7H2,1H3. The van der Waals surface area contributed by atoms with Crippen LogP contribution in [-0.4, -0.2) is 5.75 Å². The molecule has 0 atom stereocenters. The van der Waals surface area contributed by atoms with E-state index in [9.17, 15) is 0 Å². The van der Waals surface area contributed by atoms with Gasteiger partial charge in [-0.2, -0.15) is 0 Å². The zero-order valence-corrected chi connectivity index (χ0v) is 9.48. The molecule has 0 unspecified atom stereocenters. The zero-order chi connectivity index (χ0) is 8.10. The Morgan fingerprint density at radius 1 is 1.27 bits per heavy atom. The second-order valence-corrected chi connectivity index (χ2v) is 4.72. The largest absolute Gasteiger partial charge is 0.126 e. The average Bonchev–Trinajstić information content (AvgIpc) is 2.04. The van der Waals surface area contributed by atoms with E-state index < -0.39 is 0 Å². The first-order chi connectivity index (χ1) is 5.33. The van der Waals surface area contributed by atoms with Gasteiger partial charge in [0.05, 0.1) is 0 Å². The first kappa shape index (κ1) is 9.39. The number of thioether (sulfide) groups is 1. The first-order valence-electron chi connectivity index (χ1n) is 3.71. The van der Waals surface area contributed by atoms with E-state index in [-0.39, 0.29) is 0 Å². The van der Waals surface area contributed by atoms with Crippen LogP contribution in [0.3, 0.4) is 0 Å². The first-order valence-corrected chi connectivity index (χ1v) is 5.77. The van der Waals surface area contributed by atoms with E-state index in [1.54, 1.807) is 0 Å². The summed E-state index contributed by atoms with van der Waals surface area (Å²) in [4.78, 5) is 1.38. The molecule has 0 radical (unpaired) electrons. The molecule has 0 saturated heterocycles. The van der Waals surface area contributed by atoms with Crippen molar-refractivity contribution in [2.24, 2.45) is 0 Å². The molecule has 0 N–H and O–H groups in total. The molecule has 0 spiro atoms. The third-order valence-electron chi connectivity index (χ3n) is 1.29. The van der Waals surface area contributed by atoms with Crippen LogP contribution in [0.2, 0.25) is 0 Å². The summed E-state index contributed by atoms with van der Waals surface area (Å²) in [6.45, 7) is 2.21. The summed E-state index contributed by atoms with van der Waals surface area (Å²) < 4.78 is 1.31. The van der Waals surface area contributed by atoms with Crippen molar-refractivity contribution < 1.29 is 0 Å². The predicted molar refractivity (Wildman–Crippen MR) is 60.2 cm³/mol. The van der Waals surface area contributed by atoms with Crippen molar-refractivity contribution in [2.45, 2.75) is 18.2 Å². The fourth-order valence-corrected chi connectivity index (χ4v) is 1.88. The number of rotatable bonds is 3. The summed E-state index contributed by atoms with van der Waals surface area (Å²) in [5, 5.41) is 0. The summed E-state index contributed by atoms with van der Waals surface area (Å²) in [5.74, 6) is 1.22. The highest BCUT2D eigenvalue weighted by molar-refractivity contribution is 14.1. The van der Waals surface area contributed by atoms with Crippen molar-refractivity contribution in [1.82, 2.24) is 0 Å². The van der Waals surface area contributed by atoms with Gasteiger partial charge in [0, 0.05) is 8.47 Å². The number of hydrogen-bond donors (Lipinski definition) is 0. The molecule has 0 amide bonds. The molecule has 0 bridgehead atoms. The molecule has 0 fully saturated rings. The molecule has 0 saturated carbocycles. The van der Waals surface area contributed by atoms with Gasteiger partial charge in [-0.3, -0.25) is 0 Å². The van der Waals surface area contributed by atoms with E-state index in [1.807, 2.05) is 11.8 Å². The Morgan fingerprint density at radius 2 is 1.91 bits per heavy atom. The van der Waals surface area contributed by atoms with Gasteiger partial charge in [-0.05, 0) is 59.0 Å². The van der Waals surface area contributed by atoms with Crippen molar-refractivity contribution in [2.75, 3.05) is 5.75 Å². The van der Waals surface area contributed by atoms with Gasteiger partial charge in [-0.1, -0.05) is 6.92 Å². The maximum absolute atomic E-state index is 2.32. The Labute approximate surface area is 85.9 Å². The fraction of sp³-hybridized carbons (Fsp3) is 0.333. The third kappa shape index (κ3) is 3.47. The Bertz CT molecular complexity index is 205.